The molecule has 0 aliphatic rings. The fourth-order valence-corrected chi connectivity index (χ4v) is 2.42. The van der Waals surface area contributed by atoms with Crippen LogP contribution < -0.4 is 0 Å². The lowest BCUT2D eigenvalue weighted by molar-refractivity contribution is -0.141. The third kappa shape index (κ3) is 3.13. The number of ketones is 1. The Morgan fingerprint density at radius 3 is 2.57 bits per heavy atom. The molecule has 0 amide bonds. The number of carbonyl (C=O) groups is 2. The second-order valence-electron chi connectivity index (χ2n) is 5.06. The van der Waals surface area contributed by atoms with Gasteiger partial charge in [0.2, 0.25) is 0 Å². The molecule has 0 atom stereocenters. The Morgan fingerprint density at radius 2 is 1.83 bits per heavy atom. The minimum absolute atomic E-state index is 0.235. The summed E-state index contributed by atoms with van der Waals surface area (Å²) >= 11 is 0. The van der Waals surface area contributed by atoms with Crippen molar-refractivity contribution in [2.45, 2.75) is 13.3 Å². The summed E-state index contributed by atoms with van der Waals surface area (Å²) in [6.45, 7) is 1.99. The van der Waals surface area contributed by atoms with E-state index < -0.39 is 5.97 Å². The van der Waals surface area contributed by atoms with Crippen LogP contribution in [0.15, 0.2) is 54.9 Å². The number of hydrogen-bond acceptors (Lipinski definition) is 4. The average molecular weight is 308 g/mol. The van der Waals surface area contributed by atoms with Crippen LogP contribution in [0.5, 0.6) is 0 Å². The highest BCUT2D eigenvalue weighted by Gasteiger charge is 2.13. The van der Waals surface area contributed by atoms with E-state index in [1.54, 1.807) is 25.4 Å². The minimum Gasteiger partial charge on any atom is -0.466 e. The summed E-state index contributed by atoms with van der Waals surface area (Å²) in [6.07, 6.45) is 1.52. The van der Waals surface area contributed by atoms with Gasteiger partial charge in [0.1, 0.15) is 12.7 Å². The zero-order valence-electron chi connectivity index (χ0n) is 12.7. The summed E-state index contributed by atoms with van der Waals surface area (Å²) in [5.41, 5.74) is 3.31. The van der Waals surface area contributed by atoms with Crippen LogP contribution in [0, 0.1) is 0 Å². The molecule has 0 bridgehead atoms. The molecule has 1 heterocycles. The molecule has 23 heavy (non-hydrogen) atoms. The molecule has 3 aromatic rings. The minimum atomic E-state index is -0.498. The maximum atomic E-state index is 12.0. The maximum Gasteiger partial charge on any atom is 0.313 e. The van der Waals surface area contributed by atoms with Crippen molar-refractivity contribution in [3.05, 3.63) is 60.4 Å². The summed E-state index contributed by atoms with van der Waals surface area (Å²) in [7, 11) is 0. The third-order valence-corrected chi connectivity index (χ3v) is 3.53. The van der Waals surface area contributed by atoms with E-state index in [1.165, 1.54) is 0 Å². The van der Waals surface area contributed by atoms with Crippen LogP contribution >= 0.6 is 0 Å². The second kappa shape index (κ2) is 6.44. The van der Waals surface area contributed by atoms with Crippen molar-refractivity contribution >= 4 is 22.8 Å². The van der Waals surface area contributed by atoms with Gasteiger partial charge in [-0.05, 0) is 43.3 Å². The summed E-state index contributed by atoms with van der Waals surface area (Å²) < 4.78 is 6.75. The number of fused-ring (bicyclic) bond motifs is 1. The van der Waals surface area contributed by atoms with Crippen molar-refractivity contribution < 1.29 is 14.3 Å². The first-order valence-corrected chi connectivity index (χ1v) is 7.40. The number of ether oxygens (including phenoxy) is 1. The SMILES string of the molecule is CCOC(=O)CC(=O)c1ccc(-n2cnc3ccccc32)cc1. The molecule has 5 nitrogen and oxygen atoms in total. The van der Waals surface area contributed by atoms with Crippen molar-refractivity contribution in [3.63, 3.8) is 0 Å². The molecule has 1 aromatic heterocycles. The Morgan fingerprint density at radius 1 is 1.09 bits per heavy atom. The number of hydrogen-bond donors (Lipinski definition) is 0. The van der Waals surface area contributed by atoms with Gasteiger partial charge in [-0.3, -0.25) is 14.2 Å². The van der Waals surface area contributed by atoms with Crippen LogP contribution in [0.4, 0.5) is 0 Å². The van der Waals surface area contributed by atoms with Crippen LogP contribution in [0.3, 0.4) is 0 Å². The van der Waals surface area contributed by atoms with Crippen molar-refractivity contribution in [2.24, 2.45) is 0 Å². The number of para-hydroxylation sites is 2. The Balaban J connectivity index is 1.82. The lowest BCUT2D eigenvalue weighted by Crippen LogP contribution is -2.11. The fraction of sp³-hybridized carbons (Fsp3) is 0.167. The van der Waals surface area contributed by atoms with Crippen molar-refractivity contribution in [1.29, 1.82) is 0 Å². The summed E-state index contributed by atoms with van der Waals surface area (Å²) in [6, 6.07) is 14.9. The Kier molecular flexibility index (Phi) is 4.19. The predicted molar refractivity (Wildman–Crippen MR) is 86.7 cm³/mol. The van der Waals surface area contributed by atoms with Gasteiger partial charge >= 0.3 is 5.97 Å². The van der Waals surface area contributed by atoms with Crippen LogP contribution in [0.1, 0.15) is 23.7 Å². The van der Waals surface area contributed by atoms with Crippen molar-refractivity contribution in [3.8, 4) is 5.69 Å². The van der Waals surface area contributed by atoms with Gasteiger partial charge in [-0.25, -0.2) is 4.98 Å². The third-order valence-electron chi connectivity index (χ3n) is 3.53. The lowest BCUT2D eigenvalue weighted by Gasteiger charge is -2.06. The number of carbonyl (C=O) groups excluding carboxylic acids is 2. The zero-order valence-corrected chi connectivity index (χ0v) is 12.7. The molecule has 0 saturated carbocycles. The molecular formula is C18H16N2O3. The normalized spacial score (nSPS) is 10.7. The lowest BCUT2D eigenvalue weighted by atomic mass is 10.1. The molecule has 0 N–H and O–H groups in total. The topological polar surface area (TPSA) is 61.2 Å². The number of aromatic nitrogens is 2. The van der Waals surface area contributed by atoms with E-state index in [0.29, 0.717) is 5.56 Å². The number of imidazole rings is 1. The van der Waals surface area contributed by atoms with Gasteiger partial charge in [0.15, 0.2) is 5.78 Å². The first-order chi connectivity index (χ1) is 11.2. The van der Waals surface area contributed by atoms with E-state index in [1.807, 2.05) is 41.0 Å². The zero-order chi connectivity index (χ0) is 16.2. The smallest absolute Gasteiger partial charge is 0.313 e. The second-order valence-corrected chi connectivity index (χ2v) is 5.06. The summed E-state index contributed by atoms with van der Waals surface area (Å²) in [4.78, 5) is 27.7. The standard InChI is InChI=1S/C18H16N2O3/c1-2-23-18(22)11-17(21)13-7-9-14(10-8-13)20-12-19-15-5-3-4-6-16(15)20/h3-10,12H,2,11H2,1H3. The number of nitrogens with zero attached hydrogens (tertiary/aromatic N) is 2. The summed E-state index contributed by atoms with van der Waals surface area (Å²) in [5.74, 6) is -0.743. The van der Waals surface area contributed by atoms with E-state index in [9.17, 15) is 9.59 Å². The highest BCUT2D eigenvalue weighted by molar-refractivity contribution is 6.06. The van der Waals surface area contributed by atoms with E-state index in [-0.39, 0.29) is 18.8 Å². The molecule has 0 spiro atoms. The van der Waals surface area contributed by atoms with Gasteiger partial charge in [0.05, 0.1) is 17.6 Å². The van der Waals surface area contributed by atoms with Gasteiger partial charge in [0.25, 0.3) is 0 Å². The number of rotatable bonds is 5. The quantitative estimate of drug-likeness (QED) is 0.413. The Labute approximate surface area is 133 Å². The molecule has 0 radical (unpaired) electrons. The fourth-order valence-electron chi connectivity index (χ4n) is 2.42. The largest absolute Gasteiger partial charge is 0.466 e. The monoisotopic (exact) mass is 308 g/mol. The van der Waals surface area contributed by atoms with Gasteiger partial charge < -0.3 is 4.74 Å². The van der Waals surface area contributed by atoms with Crippen molar-refractivity contribution in [2.75, 3.05) is 6.61 Å². The predicted octanol–water partition coefficient (Wildman–Crippen LogP) is 3.16. The molecule has 116 valence electrons. The molecule has 0 saturated heterocycles. The first-order valence-electron chi connectivity index (χ1n) is 7.40. The van der Waals surface area contributed by atoms with Crippen LogP contribution in [-0.2, 0) is 9.53 Å². The average Bonchev–Trinajstić information content (AvgIpc) is 2.99. The van der Waals surface area contributed by atoms with Crippen LogP contribution in [-0.4, -0.2) is 27.9 Å². The van der Waals surface area contributed by atoms with Gasteiger partial charge in [-0.15, -0.1) is 0 Å². The first kappa shape index (κ1) is 15.0. The molecule has 5 heteroatoms. The maximum absolute atomic E-state index is 12.0. The van der Waals surface area contributed by atoms with Crippen molar-refractivity contribution in [1.82, 2.24) is 9.55 Å². The Hall–Kier alpha value is -2.95. The molecule has 0 aliphatic carbocycles. The highest BCUT2D eigenvalue weighted by atomic mass is 16.5. The van der Waals surface area contributed by atoms with Crippen LogP contribution in [0.25, 0.3) is 16.7 Å². The van der Waals surface area contributed by atoms with E-state index >= 15 is 0 Å². The van der Waals surface area contributed by atoms with E-state index in [4.69, 9.17) is 4.74 Å². The number of esters is 1. The van der Waals surface area contributed by atoms with Gasteiger partial charge in [-0.1, -0.05) is 12.1 Å². The van der Waals surface area contributed by atoms with Crippen LogP contribution in [0.2, 0.25) is 0 Å². The van der Waals surface area contributed by atoms with Gasteiger partial charge in [0, 0.05) is 11.3 Å². The Bertz CT molecular complexity index is 850. The molecule has 2 aromatic carbocycles. The molecule has 0 fully saturated rings. The molecular weight excluding hydrogens is 292 g/mol. The summed E-state index contributed by atoms with van der Waals surface area (Å²) in [5, 5.41) is 0. The van der Waals surface area contributed by atoms with E-state index in [0.717, 1.165) is 16.7 Å². The highest BCUT2D eigenvalue weighted by Crippen LogP contribution is 2.18. The molecule has 3 rings (SSSR count). The number of benzene rings is 2. The number of Topliss-reactive ketones (excluding diaryl/α,β-unsaturated/α-hetero) is 1. The van der Waals surface area contributed by atoms with Gasteiger partial charge in [-0.2, -0.15) is 0 Å². The molecule has 0 aliphatic heterocycles. The van der Waals surface area contributed by atoms with E-state index in [2.05, 4.69) is 4.98 Å². The molecule has 0 unspecified atom stereocenters.